The molecule has 41 heteroatoms. The first-order chi connectivity index (χ1) is 68.5. The number of aromatic nitrogens is 12. The molecular weight excluding hydrogens is 1880 g/mol. The van der Waals surface area contributed by atoms with E-state index in [0.717, 1.165) is 220 Å². The summed E-state index contributed by atoms with van der Waals surface area (Å²) in [6.45, 7) is 25.6. The van der Waals surface area contributed by atoms with E-state index >= 15 is 0 Å². The smallest absolute Gasteiger partial charge is 0.343 e. The summed E-state index contributed by atoms with van der Waals surface area (Å²) in [5.41, 5.74) is 13.0. The summed E-state index contributed by atoms with van der Waals surface area (Å²) in [6.07, 6.45) is 20.5. The summed E-state index contributed by atoms with van der Waals surface area (Å²) in [5.74, 6) is 1.95. The first-order valence-corrected chi connectivity index (χ1v) is 52.5. The Kier molecular flexibility index (Phi) is 31.8. The molecule has 0 spiro atoms. The molecule has 6 amide bonds. The molecular formula is C102H136N26O12S3. The number of likely N-dealkylation sites (tertiary alicyclic amines) is 4. The lowest BCUT2D eigenvalue weighted by molar-refractivity contribution is -0.122. The van der Waals surface area contributed by atoms with Crippen LogP contribution in [0.2, 0.25) is 0 Å². The van der Waals surface area contributed by atoms with Crippen LogP contribution < -0.4 is 53.6 Å². The summed E-state index contributed by atoms with van der Waals surface area (Å²) in [5, 5.41) is 115. The maximum Gasteiger partial charge on any atom is 0.343 e. The van der Waals surface area contributed by atoms with Gasteiger partial charge in [-0.25, -0.2) is 19.6 Å². The lowest BCUT2D eigenvalue weighted by atomic mass is 9.77. The minimum atomic E-state index is -0.801. The molecule has 4 aliphatic carbocycles. The Hall–Kier alpha value is -11.6. The van der Waals surface area contributed by atoms with Crippen molar-refractivity contribution >= 4 is 137 Å². The van der Waals surface area contributed by atoms with E-state index in [-0.39, 0.29) is 93.2 Å². The second-order valence-electron chi connectivity index (χ2n) is 41.2. The Morgan fingerprint density at radius 2 is 0.797 bits per heavy atom. The number of nitrogens with two attached hydrogens (primary N) is 1. The largest absolute Gasteiger partial charge is 0.394 e. The number of amides is 6. The van der Waals surface area contributed by atoms with E-state index in [2.05, 4.69) is 108 Å². The van der Waals surface area contributed by atoms with Crippen LogP contribution in [0, 0.1) is 41.5 Å². The molecule has 4 saturated heterocycles. The molecule has 8 aliphatic rings. The molecule has 0 unspecified atom stereocenters. The van der Waals surface area contributed by atoms with Crippen molar-refractivity contribution in [1.29, 1.82) is 0 Å². The van der Waals surface area contributed by atoms with E-state index in [1.165, 1.54) is 27.4 Å². The van der Waals surface area contributed by atoms with Gasteiger partial charge in [-0.2, -0.15) is 19.6 Å². The molecule has 4 aliphatic heterocycles. The third-order valence-electron chi connectivity index (χ3n) is 29.1. The fourth-order valence-electron chi connectivity index (χ4n) is 21.1. The predicted molar refractivity (Wildman–Crippen MR) is 553 cm³/mol. The van der Waals surface area contributed by atoms with Crippen LogP contribution in [0.15, 0.2) is 121 Å². The average molecular weight is 2010 g/mol. The fraction of sp³-hybridized carbons (Fsp3) is 0.529. The number of pyridine rings is 1. The van der Waals surface area contributed by atoms with Crippen molar-refractivity contribution in [2.24, 2.45) is 5.73 Å². The molecule has 0 bridgehead atoms. The van der Waals surface area contributed by atoms with Crippen molar-refractivity contribution in [2.75, 3.05) is 113 Å². The lowest BCUT2D eigenvalue weighted by Crippen LogP contribution is -2.63. The highest BCUT2D eigenvalue weighted by molar-refractivity contribution is 7.11. The number of hydrogen-bond acceptors (Lipinski definition) is 31. The van der Waals surface area contributed by atoms with Gasteiger partial charge in [0.05, 0.1) is 115 Å². The molecule has 12 heterocycles. The first kappa shape index (κ1) is 103. The first-order valence-electron chi connectivity index (χ1n) is 49.9. The van der Waals surface area contributed by atoms with Gasteiger partial charge < -0.3 is 84.2 Å². The summed E-state index contributed by atoms with van der Waals surface area (Å²) < 4.78 is 6.02. The molecule has 4 aromatic carbocycles. The van der Waals surface area contributed by atoms with E-state index in [1.807, 2.05) is 153 Å². The molecule has 8 fully saturated rings. The Labute approximate surface area is 843 Å². The molecule has 8 aromatic heterocycles. The second-order valence-corrected chi connectivity index (χ2v) is 44.2. The summed E-state index contributed by atoms with van der Waals surface area (Å²) in [6, 6.07) is 28.7. The molecule has 764 valence electrons. The van der Waals surface area contributed by atoms with Crippen molar-refractivity contribution in [3.05, 3.63) is 174 Å². The van der Waals surface area contributed by atoms with Crippen LogP contribution in [0.3, 0.4) is 0 Å². The number of rotatable bonds is 28. The van der Waals surface area contributed by atoms with Crippen molar-refractivity contribution < 1.29 is 59.4 Å². The van der Waals surface area contributed by atoms with Crippen LogP contribution in [0.4, 0.5) is 32.9 Å². The maximum atomic E-state index is 12.8. The predicted octanol–water partition coefficient (Wildman–Crippen LogP) is 9.20. The molecule has 143 heavy (non-hydrogen) atoms. The topological polar surface area (TPSA) is 494 Å². The van der Waals surface area contributed by atoms with Gasteiger partial charge in [-0.05, 0) is 220 Å². The average Bonchev–Trinajstić information content (AvgIpc) is 1.42. The van der Waals surface area contributed by atoms with E-state index in [4.69, 9.17) is 5.73 Å². The number of thiazole rings is 3. The van der Waals surface area contributed by atoms with E-state index in [9.17, 15) is 59.4 Å². The molecule has 17 N–H and O–H groups in total. The monoisotopic (exact) mass is 2010 g/mol. The highest BCUT2D eigenvalue weighted by Crippen LogP contribution is 2.46. The molecule has 12 aromatic rings. The number of primary amides is 1. The molecule has 20 rings (SSSR count). The lowest BCUT2D eigenvalue weighted by Gasteiger charge is -2.48. The van der Waals surface area contributed by atoms with Gasteiger partial charge in [0.25, 0.3) is 0 Å². The number of hydrogen-bond donors (Lipinski definition) is 16. The second kappa shape index (κ2) is 44.2. The number of fused-ring (bicyclic) bond motifs is 4. The van der Waals surface area contributed by atoms with Crippen molar-refractivity contribution in [3.63, 3.8) is 0 Å². The van der Waals surface area contributed by atoms with Gasteiger partial charge in [-0.3, -0.25) is 58.1 Å². The maximum absolute atomic E-state index is 12.8. The molecule has 38 nitrogen and oxygen atoms in total. The Balaban J connectivity index is 0.000000131. The van der Waals surface area contributed by atoms with Gasteiger partial charge in [0.2, 0.25) is 23.6 Å². The van der Waals surface area contributed by atoms with Gasteiger partial charge in [0, 0.05) is 150 Å². The number of anilines is 4. The summed E-state index contributed by atoms with van der Waals surface area (Å²) in [7, 11) is 0. The number of benzene rings is 4. The zero-order valence-corrected chi connectivity index (χ0v) is 85.3. The zero-order valence-electron chi connectivity index (χ0n) is 82.9. The molecule has 0 radical (unpaired) electrons. The van der Waals surface area contributed by atoms with Gasteiger partial charge in [0.1, 0.15) is 26.8 Å². The minimum Gasteiger partial charge on any atom is -0.394 e. The van der Waals surface area contributed by atoms with Crippen LogP contribution in [-0.2, 0) is 54.7 Å². The van der Waals surface area contributed by atoms with Crippen molar-refractivity contribution in [3.8, 4) is 0 Å². The molecule has 0 atom stereocenters. The minimum absolute atomic E-state index is 0.00758. The standard InChI is InChI=1S/C30H41N7O3.C25H34N6O3S.C24H32N6O3S.C23H29N7O3S/c1-19-6-9-25-24(14-19)27(35-37(25)28(39)34-29(3,4)5)32-16-26(38)33-22-17-36(18-22)23-10-12-30(40,13-11-23)21-8-7-20(2)31-15-21;1-16-3-4-21-20(11-16)23(29-31(21)9-10-32)26-13-22(33)28-18-14-30(15-18)19-5-7-25(34,8-6-19)24-27-12-17(2)35-24;1-16-2-3-20-19(10-16)23(28-30(20)8-9-31)26-12-22(32)27-17-13-29(14-17)18-4-6-24(33,7-5-18)21-11-25-15-34-21;1-14-2-3-18-17(10-14)20(28-30(18)22(24)32)26-11-19(31)27-15-12-29(13-15)16-4-6-23(33,7-5-16)21-25-8-9-34-21/h6-9,14-15,22-23,40H,10-13,16-18H2,1-5H3,(H,32,35)(H,33,38)(H,34,39);3-4,11-12,18-19,32,34H,5-10,13-15H2,1-2H3,(H,26,29)(H,28,33);2-3,10-11,15,17-18,31,33H,4-9,12-14H2,1H3,(H,26,28)(H,27,32);2-3,8-10,15-16,33H,4-7,11-13H2,1H3,(H2,24,32)(H,26,28)(H,27,31). The van der Waals surface area contributed by atoms with Gasteiger partial charge in [-0.1, -0.05) is 52.6 Å². The van der Waals surface area contributed by atoms with E-state index in [1.54, 1.807) is 50.9 Å². The quantitative estimate of drug-likeness (QED) is 0.0217. The van der Waals surface area contributed by atoms with Gasteiger partial charge in [0.15, 0.2) is 23.3 Å². The molecule has 4 saturated carbocycles. The highest BCUT2D eigenvalue weighted by Gasteiger charge is 2.47. The third-order valence-corrected chi connectivity index (χ3v) is 32.2. The van der Waals surface area contributed by atoms with Crippen LogP contribution >= 0.6 is 34.0 Å². The number of aliphatic hydroxyl groups excluding tert-OH is 2. The fourth-order valence-corrected chi connectivity index (χ4v) is 23.6. The van der Waals surface area contributed by atoms with E-state index < -0.39 is 34.0 Å². The Bertz CT molecular complexity index is 6440. The van der Waals surface area contributed by atoms with Crippen LogP contribution in [0.25, 0.3) is 43.6 Å². The number of carbonyl (C=O) groups is 6. The van der Waals surface area contributed by atoms with Gasteiger partial charge in [-0.15, -0.1) is 44.2 Å². The van der Waals surface area contributed by atoms with Gasteiger partial charge >= 0.3 is 12.1 Å². The third kappa shape index (κ3) is 24.5. The number of nitrogens with one attached hydrogen (secondary N) is 9. The summed E-state index contributed by atoms with van der Waals surface area (Å²) in [4.78, 5) is 104. The van der Waals surface area contributed by atoms with E-state index in [0.29, 0.717) is 97.2 Å². The zero-order chi connectivity index (χ0) is 101. The number of aryl methyl sites for hydroxylation is 6. The van der Waals surface area contributed by atoms with Crippen LogP contribution in [-0.4, -0.2) is 291 Å². The number of aliphatic hydroxyl groups is 6. The SMILES string of the molecule is Cc1ccc2c(c1)c(NCC(=O)NC1CN(C3CCC(O)(c4ccc(C)nc4)CC3)C1)nn2C(=O)NC(C)(C)C.Cc1ccc2c(c1)c(NCC(=O)NC1CN(C3CCC(O)(c4cncs4)CC3)C1)nn2CCO.Cc1ccc2c(c1)c(NCC(=O)NC1CN(C3CCC(O)(c4ncc(C)s4)CC3)C1)nn2CCO.Cc1ccc2c(c1)c(NCC(=O)NC1CN(C3CCC(O)(c4nccs4)CC3)C1)nn2C(N)=O. The normalized spacial score (nSPS) is 23.1. The summed E-state index contributed by atoms with van der Waals surface area (Å²) >= 11 is 4.63. The highest BCUT2D eigenvalue weighted by atomic mass is 32.1. The van der Waals surface area contributed by atoms with Crippen molar-refractivity contribution in [1.82, 2.24) is 105 Å². The van der Waals surface area contributed by atoms with Crippen molar-refractivity contribution in [2.45, 2.75) is 254 Å². The number of carbonyl (C=O) groups excluding carboxylic acids is 6. The van der Waals surface area contributed by atoms with Crippen LogP contribution in [0.5, 0.6) is 0 Å². The Morgan fingerprint density at radius 1 is 0.427 bits per heavy atom. The number of nitrogens with zero attached hydrogens (tertiary/aromatic N) is 16. The Morgan fingerprint density at radius 3 is 1.15 bits per heavy atom. The van der Waals surface area contributed by atoms with Crippen LogP contribution in [0.1, 0.15) is 177 Å².